The summed E-state index contributed by atoms with van der Waals surface area (Å²) >= 11 is 1.16. The summed E-state index contributed by atoms with van der Waals surface area (Å²) in [6.45, 7) is 6.40. The number of methoxy groups -OCH3 is 2. The maximum absolute atomic E-state index is 13.5. The van der Waals surface area contributed by atoms with Crippen molar-refractivity contribution in [2.45, 2.75) is 20.8 Å². The first kappa shape index (κ1) is 26.2. The normalized spacial score (nSPS) is 13.9. The number of aromatic nitrogens is 1. The Bertz CT molecular complexity index is 1330. The Morgan fingerprint density at radius 2 is 1.68 bits per heavy atom. The number of nitrogens with zero attached hydrogens (tertiary/aromatic N) is 3. The second-order valence-electron chi connectivity index (χ2n) is 9.61. The number of carbonyl (C=O) groups is 3. The molecule has 4 rings (SSSR count). The van der Waals surface area contributed by atoms with Gasteiger partial charge in [-0.3, -0.25) is 14.4 Å². The van der Waals surface area contributed by atoms with Crippen LogP contribution in [-0.2, 0) is 9.59 Å². The lowest BCUT2D eigenvalue weighted by atomic mass is 9.96. The molecular weight excluding hydrogens is 492 g/mol. The molecular formula is C27H30N4O5S. The van der Waals surface area contributed by atoms with Gasteiger partial charge in [0, 0.05) is 35.8 Å². The largest absolute Gasteiger partial charge is 0.497 e. The Kier molecular flexibility index (Phi) is 7.49. The highest BCUT2D eigenvalue weighted by Gasteiger charge is 2.31. The van der Waals surface area contributed by atoms with Crippen LogP contribution in [0.1, 0.15) is 36.0 Å². The molecule has 2 heterocycles. The third kappa shape index (κ3) is 5.75. The predicted molar refractivity (Wildman–Crippen MR) is 144 cm³/mol. The molecule has 0 saturated carbocycles. The number of ketones is 1. The number of hydrogen-bond acceptors (Lipinski definition) is 8. The topological polar surface area (TPSA) is 101 Å². The monoisotopic (exact) mass is 522 g/mol. The SMILES string of the molecule is COc1cccc(C(=O)c2sc(N3CCN(c4cccc(OC)c4)C(=O)C3)nc2NC(=O)C(C)(C)C)c1. The first-order valence-electron chi connectivity index (χ1n) is 11.8. The Labute approximate surface area is 220 Å². The molecule has 1 fully saturated rings. The number of ether oxygens (including phenoxy) is 2. The molecule has 2 amide bonds. The van der Waals surface area contributed by atoms with Crippen molar-refractivity contribution in [3.63, 3.8) is 0 Å². The Hall–Kier alpha value is -3.92. The third-order valence-electron chi connectivity index (χ3n) is 5.92. The van der Waals surface area contributed by atoms with Gasteiger partial charge < -0.3 is 24.6 Å². The van der Waals surface area contributed by atoms with Gasteiger partial charge in [-0.25, -0.2) is 4.98 Å². The summed E-state index contributed by atoms with van der Waals surface area (Å²) in [4.78, 5) is 47.8. The molecule has 194 valence electrons. The maximum Gasteiger partial charge on any atom is 0.246 e. The third-order valence-corrected chi connectivity index (χ3v) is 7.04. The summed E-state index contributed by atoms with van der Waals surface area (Å²) in [5.41, 5.74) is 0.494. The number of carbonyl (C=O) groups excluding carboxylic acids is 3. The zero-order valence-corrected chi connectivity index (χ0v) is 22.3. The highest BCUT2D eigenvalue weighted by Crippen LogP contribution is 2.34. The van der Waals surface area contributed by atoms with E-state index < -0.39 is 5.41 Å². The zero-order valence-electron chi connectivity index (χ0n) is 21.5. The molecule has 37 heavy (non-hydrogen) atoms. The van der Waals surface area contributed by atoms with Crippen LogP contribution >= 0.6 is 11.3 Å². The van der Waals surface area contributed by atoms with Crippen LogP contribution in [0.2, 0.25) is 0 Å². The molecule has 0 unspecified atom stereocenters. The second kappa shape index (κ2) is 10.6. The van der Waals surface area contributed by atoms with Crippen LogP contribution in [0.4, 0.5) is 16.6 Å². The molecule has 1 N–H and O–H groups in total. The van der Waals surface area contributed by atoms with Crippen LogP contribution in [0, 0.1) is 5.41 Å². The summed E-state index contributed by atoms with van der Waals surface area (Å²) in [7, 11) is 3.12. The molecule has 0 spiro atoms. The van der Waals surface area contributed by atoms with Crippen molar-refractivity contribution in [3.05, 3.63) is 59.0 Å². The van der Waals surface area contributed by atoms with E-state index in [0.717, 1.165) is 17.0 Å². The second-order valence-corrected chi connectivity index (χ2v) is 10.6. The summed E-state index contributed by atoms with van der Waals surface area (Å²) in [6, 6.07) is 14.2. The van der Waals surface area contributed by atoms with Crippen LogP contribution in [0.15, 0.2) is 48.5 Å². The minimum absolute atomic E-state index is 0.0875. The predicted octanol–water partition coefficient (Wildman–Crippen LogP) is 4.23. The summed E-state index contributed by atoms with van der Waals surface area (Å²) in [6.07, 6.45) is 0. The lowest BCUT2D eigenvalue weighted by Crippen LogP contribution is -2.50. The van der Waals surface area contributed by atoms with Gasteiger partial charge >= 0.3 is 0 Å². The first-order valence-corrected chi connectivity index (χ1v) is 12.6. The highest BCUT2D eigenvalue weighted by atomic mass is 32.1. The molecule has 3 aromatic rings. The van der Waals surface area contributed by atoms with E-state index in [0.29, 0.717) is 40.2 Å². The van der Waals surface area contributed by atoms with Crippen LogP contribution < -0.4 is 24.6 Å². The molecule has 10 heteroatoms. The van der Waals surface area contributed by atoms with Gasteiger partial charge in [0.05, 0.1) is 20.8 Å². The van der Waals surface area contributed by atoms with Gasteiger partial charge in [0.15, 0.2) is 10.9 Å². The van der Waals surface area contributed by atoms with Crippen LogP contribution in [0.5, 0.6) is 11.5 Å². The fourth-order valence-corrected chi connectivity index (χ4v) is 4.77. The smallest absolute Gasteiger partial charge is 0.246 e. The molecule has 0 aliphatic carbocycles. The van der Waals surface area contributed by atoms with Crippen LogP contribution in [-0.4, -0.2) is 56.4 Å². The maximum atomic E-state index is 13.5. The summed E-state index contributed by atoms with van der Waals surface area (Å²) in [5.74, 6) is 0.768. The van der Waals surface area contributed by atoms with Crippen LogP contribution in [0.25, 0.3) is 0 Å². The molecule has 0 radical (unpaired) electrons. The zero-order chi connectivity index (χ0) is 26.7. The van der Waals surface area contributed by atoms with E-state index in [1.807, 2.05) is 29.2 Å². The summed E-state index contributed by atoms with van der Waals surface area (Å²) in [5, 5.41) is 3.31. The molecule has 1 saturated heterocycles. The summed E-state index contributed by atoms with van der Waals surface area (Å²) < 4.78 is 10.5. The lowest BCUT2D eigenvalue weighted by Gasteiger charge is -2.34. The van der Waals surface area contributed by atoms with E-state index in [2.05, 4.69) is 10.3 Å². The minimum atomic E-state index is -0.682. The average Bonchev–Trinajstić information content (AvgIpc) is 3.31. The number of anilines is 3. The lowest BCUT2D eigenvalue weighted by molar-refractivity contribution is -0.123. The standard InChI is InChI=1S/C27H30N4O5S/c1-27(2,3)25(34)28-24-23(22(33)17-8-6-10-19(14-17)35-4)37-26(29-24)30-12-13-31(21(32)16-30)18-9-7-11-20(15-18)36-5/h6-11,14-15H,12-13,16H2,1-5H3,(H,28,34). The molecule has 9 nitrogen and oxygen atoms in total. The van der Waals surface area contributed by atoms with E-state index in [9.17, 15) is 14.4 Å². The van der Waals surface area contributed by atoms with E-state index in [4.69, 9.17) is 9.47 Å². The van der Waals surface area contributed by atoms with E-state index in [1.165, 1.54) is 7.11 Å². The van der Waals surface area contributed by atoms with Crippen molar-refractivity contribution in [1.29, 1.82) is 0 Å². The average molecular weight is 523 g/mol. The van der Waals surface area contributed by atoms with Gasteiger partial charge in [-0.1, -0.05) is 50.3 Å². The molecule has 1 aromatic heterocycles. The van der Waals surface area contributed by atoms with Crippen molar-refractivity contribution in [2.75, 3.05) is 49.0 Å². The number of benzene rings is 2. The molecule has 1 aliphatic rings. The van der Waals surface area contributed by atoms with Gasteiger partial charge in [-0.2, -0.15) is 0 Å². The van der Waals surface area contributed by atoms with Gasteiger partial charge in [-0.15, -0.1) is 0 Å². The quantitative estimate of drug-likeness (QED) is 0.464. The van der Waals surface area contributed by atoms with E-state index >= 15 is 0 Å². The Morgan fingerprint density at radius 1 is 1.00 bits per heavy atom. The van der Waals surface area contributed by atoms with E-state index in [1.54, 1.807) is 57.0 Å². The highest BCUT2D eigenvalue weighted by molar-refractivity contribution is 7.18. The molecule has 2 aromatic carbocycles. The number of rotatable bonds is 7. The van der Waals surface area contributed by atoms with Crippen molar-refractivity contribution >= 4 is 45.6 Å². The van der Waals surface area contributed by atoms with Crippen molar-refractivity contribution in [1.82, 2.24) is 4.98 Å². The van der Waals surface area contributed by atoms with Crippen molar-refractivity contribution in [2.24, 2.45) is 5.41 Å². The fraction of sp³-hybridized carbons (Fsp3) is 0.333. The van der Waals surface area contributed by atoms with Crippen LogP contribution in [0.3, 0.4) is 0 Å². The van der Waals surface area contributed by atoms with Crippen molar-refractivity contribution < 1.29 is 23.9 Å². The Morgan fingerprint density at radius 3 is 2.32 bits per heavy atom. The first-order chi connectivity index (χ1) is 17.6. The number of piperazine rings is 1. The number of hydrogen-bond donors (Lipinski definition) is 1. The van der Waals surface area contributed by atoms with Gasteiger partial charge in [0.1, 0.15) is 16.4 Å². The number of amides is 2. The van der Waals surface area contributed by atoms with E-state index in [-0.39, 0.29) is 30.0 Å². The van der Waals surface area contributed by atoms with Gasteiger partial charge in [-0.05, 0) is 24.3 Å². The van der Waals surface area contributed by atoms with Gasteiger partial charge in [0.25, 0.3) is 0 Å². The molecule has 0 atom stereocenters. The Balaban J connectivity index is 1.62. The number of nitrogens with one attached hydrogen (secondary N) is 1. The van der Waals surface area contributed by atoms with Crippen molar-refractivity contribution in [3.8, 4) is 11.5 Å². The minimum Gasteiger partial charge on any atom is -0.497 e. The number of thiazole rings is 1. The molecule has 0 bridgehead atoms. The van der Waals surface area contributed by atoms with Gasteiger partial charge in [0.2, 0.25) is 17.6 Å². The fourth-order valence-electron chi connectivity index (χ4n) is 3.76. The molecule has 1 aliphatic heterocycles.